The number of hydrogen-bond acceptors (Lipinski definition) is 4. The SMILES string of the molecule is NC(=O)COc1ccc(NC(=O)c2ccc3c(c2)C(=O)c2ccccc2-3)cc1. The third-order valence-electron chi connectivity index (χ3n) is 4.48. The molecule has 0 bridgehead atoms. The highest BCUT2D eigenvalue weighted by Crippen LogP contribution is 2.36. The molecule has 3 N–H and O–H groups in total. The molecule has 3 aromatic carbocycles. The molecule has 138 valence electrons. The van der Waals surface area contributed by atoms with E-state index in [1.807, 2.05) is 18.2 Å². The molecular formula is C22H16N2O4. The largest absolute Gasteiger partial charge is 0.484 e. The van der Waals surface area contributed by atoms with Crippen LogP contribution in [0.1, 0.15) is 26.3 Å². The molecule has 0 saturated carbocycles. The second-order valence-electron chi connectivity index (χ2n) is 6.37. The summed E-state index contributed by atoms with van der Waals surface area (Å²) in [5.41, 5.74) is 8.91. The van der Waals surface area contributed by atoms with E-state index in [1.165, 1.54) is 0 Å². The van der Waals surface area contributed by atoms with Crippen molar-refractivity contribution < 1.29 is 19.1 Å². The van der Waals surface area contributed by atoms with Crippen LogP contribution in [0.3, 0.4) is 0 Å². The third-order valence-corrected chi connectivity index (χ3v) is 4.48. The molecular weight excluding hydrogens is 356 g/mol. The molecule has 0 heterocycles. The fourth-order valence-electron chi connectivity index (χ4n) is 3.16. The maximum atomic E-state index is 12.6. The number of hydrogen-bond donors (Lipinski definition) is 2. The van der Waals surface area contributed by atoms with E-state index in [1.54, 1.807) is 48.5 Å². The Hall–Kier alpha value is -3.93. The Morgan fingerprint density at radius 1 is 0.857 bits per heavy atom. The number of primary amides is 1. The predicted octanol–water partition coefficient (Wildman–Crippen LogP) is 3.01. The highest BCUT2D eigenvalue weighted by Gasteiger charge is 2.27. The van der Waals surface area contributed by atoms with Gasteiger partial charge in [0.1, 0.15) is 5.75 Å². The lowest BCUT2D eigenvalue weighted by atomic mass is 10.0. The van der Waals surface area contributed by atoms with Crippen LogP contribution in [0.5, 0.6) is 5.75 Å². The van der Waals surface area contributed by atoms with Gasteiger partial charge >= 0.3 is 0 Å². The van der Waals surface area contributed by atoms with Crippen molar-refractivity contribution in [2.45, 2.75) is 0 Å². The summed E-state index contributed by atoms with van der Waals surface area (Å²) in [7, 11) is 0. The van der Waals surface area contributed by atoms with Crippen LogP contribution in [0.25, 0.3) is 11.1 Å². The van der Waals surface area contributed by atoms with E-state index in [2.05, 4.69) is 5.32 Å². The standard InChI is InChI=1S/C22H16N2O4/c23-20(25)12-28-15-8-6-14(7-9-15)24-22(27)13-5-10-17-16-3-1-2-4-18(16)21(26)19(17)11-13/h1-11H,12H2,(H2,23,25)(H,24,27). The fraction of sp³-hybridized carbons (Fsp3) is 0.0455. The minimum absolute atomic E-state index is 0.0730. The molecule has 28 heavy (non-hydrogen) atoms. The van der Waals surface area contributed by atoms with E-state index in [4.69, 9.17) is 10.5 Å². The second-order valence-corrected chi connectivity index (χ2v) is 6.37. The van der Waals surface area contributed by atoms with E-state index in [9.17, 15) is 14.4 Å². The summed E-state index contributed by atoms with van der Waals surface area (Å²) in [4.78, 5) is 35.9. The van der Waals surface area contributed by atoms with Gasteiger partial charge in [-0.15, -0.1) is 0 Å². The van der Waals surface area contributed by atoms with Crippen molar-refractivity contribution in [2.75, 3.05) is 11.9 Å². The quantitative estimate of drug-likeness (QED) is 0.563. The maximum Gasteiger partial charge on any atom is 0.255 e. The monoisotopic (exact) mass is 372 g/mol. The van der Waals surface area contributed by atoms with Gasteiger partial charge in [0, 0.05) is 22.4 Å². The van der Waals surface area contributed by atoms with E-state index in [0.29, 0.717) is 28.1 Å². The molecule has 1 aliphatic rings. The Bertz CT molecular complexity index is 1100. The summed E-state index contributed by atoms with van der Waals surface area (Å²) >= 11 is 0. The molecule has 0 aliphatic heterocycles. The average molecular weight is 372 g/mol. The van der Waals surface area contributed by atoms with Crippen LogP contribution in [0.4, 0.5) is 5.69 Å². The molecule has 2 amide bonds. The Labute approximate surface area is 160 Å². The van der Waals surface area contributed by atoms with E-state index in [0.717, 1.165) is 11.1 Å². The van der Waals surface area contributed by atoms with Gasteiger partial charge in [-0.25, -0.2) is 0 Å². The molecule has 6 heteroatoms. The van der Waals surface area contributed by atoms with E-state index in [-0.39, 0.29) is 18.3 Å². The van der Waals surface area contributed by atoms with Crippen molar-refractivity contribution in [1.82, 2.24) is 0 Å². The van der Waals surface area contributed by atoms with Gasteiger partial charge in [-0.1, -0.05) is 30.3 Å². The van der Waals surface area contributed by atoms with Gasteiger partial charge in [0.2, 0.25) is 0 Å². The molecule has 0 atom stereocenters. The first-order valence-electron chi connectivity index (χ1n) is 8.63. The van der Waals surface area contributed by atoms with Crippen molar-refractivity contribution in [1.29, 1.82) is 0 Å². The molecule has 6 nitrogen and oxygen atoms in total. The van der Waals surface area contributed by atoms with E-state index < -0.39 is 5.91 Å². The predicted molar refractivity (Wildman–Crippen MR) is 104 cm³/mol. The number of ether oxygens (including phenoxy) is 1. The number of benzene rings is 3. The lowest BCUT2D eigenvalue weighted by molar-refractivity contribution is -0.119. The minimum Gasteiger partial charge on any atom is -0.484 e. The van der Waals surface area contributed by atoms with Crippen LogP contribution >= 0.6 is 0 Å². The molecule has 0 radical (unpaired) electrons. The van der Waals surface area contributed by atoms with Crippen molar-refractivity contribution in [3.63, 3.8) is 0 Å². The second kappa shape index (κ2) is 7.00. The van der Waals surface area contributed by atoms with Crippen molar-refractivity contribution in [2.24, 2.45) is 5.73 Å². The van der Waals surface area contributed by atoms with Crippen molar-refractivity contribution >= 4 is 23.3 Å². The highest BCUT2D eigenvalue weighted by molar-refractivity contribution is 6.22. The molecule has 3 aromatic rings. The molecule has 0 unspecified atom stereocenters. The summed E-state index contributed by atoms with van der Waals surface area (Å²) < 4.78 is 5.18. The highest BCUT2D eigenvalue weighted by atomic mass is 16.5. The summed E-state index contributed by atoms with van der Waals surface area (Å²) in [6.07, 6.45) is 0. The summed E-state index contributed by atoms with van der Waals surface area (Å²) in [5, 5.41) is 2.78. The normalized spacial score (nSPS) is 11.5. The summed E-state index contributed by atoms with van der Waals surface area (Å²) in [6, 6.07) is 19.1. The smallest absolute Gasteiger partial charge is 0.255 e. The zero-order chi connectivity index (χ0) is 19.7. The number of ketones is 1. The number of nitrogens with two attached hydrogens (primary N) is 1. The Balaban J connectivity index is 1.51. The van der Waals surface area contributed by atoms with E-state index >= 15 is 0 Å². The van der Waals surface area contributed by atoms with Gasteiger partial charge in [-0.05, 0) is 47.5 Å². The molecule has 0 saturated heterocycles. The topological polar surface area (TPSA) is 98.5 Å². The zero-order valence-electron chi connectivity index (χ0n) is 14.8. The first-order chi connectivity index (χ1) is 13.5. The van der Waals surface area contributed by atoms with Gasteiger partial charge < -0.3 is 15.8 Å². The number of carbonyl (C=O) groups is 3. The van der Waals surface area contributed by atoms with Crippen LogP contribution in [0, 0.1) is 0 Å². The fourth-order valence-corrected chi connectivity index (χ4v) is 3.16. The molecule has 0 aromatic heterocycles. The molecule has 0 fully saturated rings. The first-order valence-corrected chi connectivity index (χ1v) is 8.63. The minimum atomic E-state index is -0.564. The number of nitrogens with one attached hydrogen (secondary N) is 1. The van der Waals surface area contributed by atoms with Gasteiger partial charge in [0.15, 0.2) is 12.4 Å². The number of anilines is 1. The Morgan fingerprint density at radius 2 is 1.54 bits per heavy atom. The average Bonchev–Trinajstić information content (AvgIpc) is 2.99. The number of amides is 2. The van der Waals surface area contributed by atoms with Crippen molar-refractivity contribution in [3.05, 3.63) is 83.4 Å². The number of fused-ring (bicyclic) bond motifs is 3. The van der Waals surface area contributed by atoms with Gasteiger partial charge in [0.05, 0.1) is 0 Å². The molecule has 1 aliphatic carbocycles. The van der Waals surface area contributed by atoms with Crippen LogP contribution in [0.2, 0.25) is 0 Å². The maximum absolute atomic E-state index is 12.6. The lowest BCUT2D eigenvalue weighted by Gasteiger charge is -2.08. The lowest BCUT2D eigenvalue weighted by Crippen LogP contribution is -2.20. The van der Waals surface area contributed by atoms with Crippen LogP contribution in [-0.2, 0) is 4.79 Å². The summed E-state index contributed by atoms with van der Waals surface area (Å²) in [6.45, 7) is -0.211. The van der Waals surface area contributed by atoms with Crippen molar-refractivity contribution in [3.8, 4) is 16.9 Å². The van der Waals surface area contributed by atoms with Crippen LogP contribution in [-0.4, -0.2) is 24.2 Å². The van der Waals surface area contributed by atoms with Gasteiger partial charge in [-0.3, -0.25) is 14.4 Å². The third kappa shape index (κ3) is 3.23. The van der Waals surface area contributed by atoms with Gasteiger partial charge in [-0.2, -0.15) is 0 Å². The Morgan fingerprint density at radius 3 is 2.25 bits per heavy atom. The van der Waals surface area contributed by atoms with Gasteiger partial charge in [0.25, 0.3) is 11.8 Å². The molecule has 4 rings (SSSR count). The van der Waals surface area contributed by atoms with Crippen LogP contribution in [0.15, 0.2) is 66.7 Å². The van der Waals surface area contributed by atoms with Crippen LogP contribution < -0.4 is 15.8 Å². The number of carbonyl (C=O) groups excluding carboxylic acids is 3. The number of rotatable bonds is 5. The first kappa shape index (κ1) is 17.5. The zero-order valence-corrected chi connectivity index (χ0v) is 14.8. The molecule has 0 spiro atoms. The summed E-state index contributed by atoms with van der Waals surface area (Å²) in [5.74, 6) is -0.489. The Kier molecular flexibility index (Phi) is 4.37.